The van der Waals surface area contributed by atoms with Crippen LogP contribution in [-0.4, -0.2) is 11.1 Å². The first kappa shape index (κ1) is 14.1. The molecule has 0 saturated heterocycles. The van der Waals surface area contributed by atoms with Crippen molar-refractivity contribution in [1.29, 1.82) is 0 Å². The summed E-state index contributed by atoms with van der Waals surface area (Å²) in [4.78, 5) is 10.7. The number of rotatable bonds is 4. The van der Waals surface area contributed by atoms with Gasteiger partial charge in [-0.2, -0.15) is 0 Å². The normalized spacial score (nSPS) is 10.3. The minimum absolute atomic E-state index is 0.0602. The Morgan fingerprint density at radius 2 is 1.60 bits per heavy atom. The molecule has 2 aromatic rings. The largest absolute Gasteiger partial charge is 0.481 e. The maximum Gasteiger partial charge on any atom is 0.307 e. The van der Waals surface area contributed by atoms with Gasteiger partial charge in [-0.15, -0.1) is 0 Å². The molecule has 2 aromatic carbocycles. The van der Waals surface area contributed by atoms with Gasteiger partial charge >= 0.3 is 5.97 Å². The molecule has 104 valence electrons. The fourth-order valence-corrected chi connectivity index (χ4v) is 2.25. The Morgan fingerprint density at radius 3 is 2.15 bits per heavy atom. The summed E-state index contributed by atoms with van der Waals surface area (Å²) < 4.78 is 0. The van der Waals surface area contributed by atoms with Gasteiger partial charge in [-0.3, -0.25) is 4.79 Å². The lowest BCUT2D eigenvalue weighted by Crippen LogP contribution is -2.01. The van der Waals surface area contributed by atoms with Crippen molar-refractivity contribution in [2.24, 2.45) is 0 Å². The first-order chi connectivity index (χ1) is 9.45. The van der Waals surface area contributed by atoms with E-state index in [0.717, 1.165) is 22.5 Å². The molecule has 0 aliphatic heterocycles. The predicted octanol–water partition coefficient (Wildman–Crippen LogP) is 3.98. The van der Waals surface area contributed by atoms with E-state index in [9.17, 15) is 4.79 Å². The van der Waals surface area contributed by atoms with Gasteiger partial charge in [-0.1, -0.05) is 29.8 Å². The Morgan fingerprint density at radius 1 is 1.00 bits per heavy atom. The molecule has 0 atom stereocenters. The third-order valence-corrected chi connectivity index (χ3v) is 3.30. The smallest absolute Gasteiger partial charge is 0.307 e. The van der Waals surface area contributed by atoms with Gasteiger partial charge in [-0.25, -0.2) is 0 Å². The number of benzene rings is 2. The van der Waals surface area contributed by atoms with E-state index in [4.69, 9.17) is 5.11 Å². The average Bonchev–Trinajstić information content (AvgIpc) is 2.34. The fraction of sp³-hybridized carbons (Fsp3) is 0.235. The Kier molecular flexibility index (Phi) is 4.08. The van der Waals surface area contributed by atoms with Crippen LogP contribution in [-0.2, 0) is 11.2 Å². The molecule has 3 heteroatoms. The number of hydrogen-bond acceptors (Lipinski definition) is 2. The zero-order valence-electron chi connectivity index (χ0n) is 12.0. The lowest BCUT2D eigenvalue weighted by Gasteiger charge is -2.13. The average molecular weight is 269 g/mol. The van der Waals surface area contributed by atoms with Crippen LogP contribution in [0.15, 0.2) is 36.4 Å². The van der Waals surface area contributed by atoms with Gasteiger partial charge in [0.1, 0.15) is 0 Å². The standard InChI is InChI=1S/C17H19NO2/c1-11-4-6-15(12(2)8-11)18-16-7-5-14(9-13(16)3)10-17(19)20/h4-9,18H,10H2,1-3H3,(H,19,20). The van der Waals surface area contributed by atoms with Crippen LogP contribution in [0.2, 0.25) is 0 Å². The van der Waals surface area contributed by atoms with Crippen molar-refractivity contribution in [3.05, 3.63) is 58.7 Å². The van der Waals surface area contributed by atoms with Crippen molar-refractivity contribution in [2.45, 2.75) is 27.2 Å². The highest BCUT2D eigenvalue weighted by molar-refractivity contribution is 5.72. The minimum Gasteiger partial charge on any atom is -0.481 e. The van der Waals surface area contributed by atoms with E-state index < -0.39 is 5.97 Å². The summed E-state index contributed by atoms with van der Waals surface area (Å²) in [6.45, 7) is 6.13. The summed E-state index contributed by atoms with van der Waals surface area (Å²) in [5, 5.41) is 12.2. The monoisotopic (exact) mass is 269 g/mol. The number of aryl methyl sites for hydroxylation is 3. The molecule has 0 unspecified atom stereocenters. The van der Waals surface area contributed by atoms with Crippen LogP contribution in [0, 0.1) is 20.8 Å². The molecule has 0 heterocycles. The number of aliphatic carboxylic acids is 1. The quantitative estimate of drug-likeness (QED) is 0.882. The van der Waals surface area contributed by atoms with Gasteiger partial charge in [0.2, 0.25) is 0 Å². The first-order valence-corrected chi connectivity index (χ1v) is 6.61. The molecular formula is C17H19NO2. The number of carboxylic acids is 1. The number of anilines is 2. The molecule has 0 saturated carbocycles. The maximum atomic E-state index is 10.7. The second-order valence-electron chi connectivity index (χ2n) is 5.16. The molecule has 3 nitrogen and oxygen atoms in total. The van der Waals surface area contributed by atoms with Gasteiger partial charge in [-0.05, 0) is 49.6 Å². The van der Waals surface area contributed by atoms with E-state index in [-0.39, 0.29) is 6.42 Å². The molecule has 0 fully saturated rings. The third kappa shape index (κ3) is 3.38. The van der Waals surface area contributed by atoms with E-state index in [2.05, 4.69) is 37.4 Å². The maximum absolute atomic E-state index is 10.7. The van der Waals surface area contributed by atoms with Gasteiger partial charge < -0.3 is 10.4 Å². The summed E-state index contributed by atoms with van der Waals surface area (Å²) in [5.74, 6) is -0.806. The zero-order chi connectivity index (χ0) is 14.7. The van der Waals surface area contributed by atoms with Crippen LogP contribution < -0.4 is 5.32 Å². The van der Waals surface area contributed by atoms with Gasteiger partial charge in [0.05, 0.1) is 6.42 Å². The van der Waals surface area contributed by atoms with Crippen molar-refractivity contribution in [2.75, 3.05) is 5.32 Å². The van der Waals surface area contributed by atoms with Crippen molar-refractivity contribution in [3.8, 4) is 0 Å². The number of nitrogens with one attached hydrogen (secondary N) is 1. The Labute approximate surface area is 119 Å². The molecule has 2 N–H and O–H groups in total. The second-order valence-corrected chi connectivity index (χ2v) is 5.16. The van der Waals surface area contributed by atoms with E-state index >= 15 is 0 Å². The number of carboxylic acid groups (broad SMARTS) is 1. The third-order valence-electron chi connectivity index (χ3n) is 3.30. The highest BCUT2D eigenvalue weighted by Gasteiger charge is 2.05. The number of carbonyl (C=O) groups is 1. The second kappa shape index (κ2) is 5.78. The number of hydrogen-bond donors (Lipinski definition) is 2. The van der Waals surface area contributed by atoms with Crippen LogP contribution in [0.4, 0.5) is 11.4 Å². The molecule has 0 spiro atoms. The fourth-order valence-electron chi connectivity index (χ4n) is 2.25. The van der Waals surface area contributed by atoms with Crippen LogP contribution in [0.3, 0.4) is 0 Å². The molecular weight excluding hydrogens is 250 g/mol. The minimum atomic E-state index is -0.806. The summed E-state index contributed by atoms with van der Waals surface area (Å²) in [6.07, 6.45) is 0.0602. The van der Waals surface area contributed by atoms with Gasteiger partial charge in [0.25, 0.3) is 0 Å². The van der Waals surface area contributed by atoms with Gasteiger partial charge in [0, 0.05) is 11.4 Å². The summed E-state index contributed by atoms with van der Waals surface area (Å²) in [5.41, 5.74) is 6.38. The molecule has 0 aliphatic carbocycles. The highest BCUT2D eigenvalue weighted by Crippen LogP contribution is 2.24. The SMILES string of the molecule is Cc1ccc(Nc2ccc(CC(=O)O)cc2C)c(C)c1. The Balaban J connectivity index is 2.23. The summed E-state index contributed by atoms with van der Waals surface area (Å²) in [6, 6.07) is 12.0. The molecule has 2 rings (SSSR count). The van der Waals surface area contributed by atoms with E-state index in [1.807, 2.05) is 25.1 Å². The zero-order valence-corrected chi connectivity index (χ0v) is 12.0. The van der Waals surface area contributed by atoms with Crippen molar-refractivity contribution in [3.63, 3.8) is 0 Å². The molecule has 0 amide bonds. The summed E-state index contributed by atoms with van der Waals surface area (Å²) in [7, 11) is 0. The van der Waals surface area contributed by atoms with Crippen LogP contribution >= 0.6 is 0 Å². The van der Waals surface area contributed by atoms with Crippen LogP contribution in [0.25, 0.3) is 0 Å². The predicted molar refractivity (Wildman–Crippen MR) is 81.7 cm³/mol. The molecule has 0 aromatic heterocycles. The Hall–Kier alpha value is -2.29. The molecule has 20 heavy (non-hydrogen) atoms. The van der Waals surface area contributed by atoms with Crippen LogP contribution in [0.5, 0.6) is 0 Å². The highest BCUT2D eigenvalue weighted by atomic mass is 16.4. The lowest BCUT2D eigenvalue weighted by atomic mass is 10.1. The van der Waals surface area contributed by atoms with Crippen molar-refractivity contribution < 1.29 is 9.90 Å². The molecule has 0 bridgehead atoms. The van der Waals surface area contributed by atoms with Gasteiger partial charge in [0.15, 0.2) is 0 Å². The van der Waals surface area contributed by atoms with E-state index in [0.29, 0.717) is 0 Å². The van der Waals surface area contributed by atoms with Crippen LogP contribution in [0.1, 0.15) is 22.3 Å². The molecule has 0 radical (unpaired) electrons. The lowest BCUT2D eigenvalue weighted by molar-refractivity contribution is -0.136. The first-order valence-electron chi connectivity index (χ1n) is 6.61. The summed E-state index contributed by atoms with van der Waals surface area (Å²) >= 11 is 0. The Bertz CT molecular complexity index is 647. The molecule has 0 aliphatic rings. The van der Waals surface area contributed by atoms with Crippen molar-refractivity contribution >= 4 is 17.3 Å². The topological polar surface area (TPSA) is 49.3 Å². The van der Waals surface area contributed by atoms with E-state index in [1.165, 1.54) is 11.1 Å². The van der Waals surface area contributed by atoms with Crippen molar-refractivity contribution in [1.82, 2.24) is 0 Å². The van der Waals surface area contributed by atoms with E-state index in [1.54, 1.807) is 0 Å².